The Morgan fingerprint density at radius 3 is 2.82 bits per heavy atom. The zero-order valence-electron chi connectivity index (χ0n) is 10.5. The molecule has 1 unspecified atom stereocenters. The molecule has 0 aliphatic heterocycles. The van der Waals surface area contributed by atoms with Crippen molar-refractivity contribution < 1.29 is 14.6 Å². The summed E-state index contributed by atoms with van der Waals surface area (Å²) in [5.74, 6) is 0.0747. The number of nitrogens with one attached hydrogen (secondary N) is 1. The Kier molecular flexibility index (Phi) is 4.97. The zero-order valence-corrected chi connectivity index (χ0v) is 10.5. The lowest BCUT2D eigenvalue weighted by atomic mass is 10.1. The number of hydrogen-bond acceptors (Lipinski definition) is 3. The van der Waals surface area contributed by atoms with Crippen LogP contribution in [-0.4, -0.2) is 30.8 Å². The Morgan fingerprint density at radius 1 is 1.53 bits per heavy atom. The molecule has 4 heteroatoms. The molecule has 1 rings (SSSR count). The summed E-state index contributed by atoms with van der Waals surface area (Å²) < 4.78 is 4.95. The highest BCUT2D eigenvalue weighted by atomic mass is 16.5. The maximum atomic E-state index is 11.8. The van der Waals surface area contributed by atoms with Crippen molar-refractivity contribution in [1.82, 2.24) is 5.32 Å². The summed E-state index contributed by atoms with van der Waals surface area (Å²) in [6.07, 6.45) is 0.777. The number of aromatic hydroxyl groups is 1. The number of hydrogen-bond donors (Lipinski definition) is 2. The average Bonchev–Trinajstić information content (AvgIpc) is 2.30. The van der Waals surface area contributed by atoms with Gasteiger partial charge in [0.05, 0.1) is 0 Å². The van der Waals surface area contributed by atoms with Crippen molar-refractivity contribution in [3.05, 3.63) is 29.3 Å². The van der Waals surface area contributed by atoms with Gasteiger partial charge in [-0.15, -0.1) is 0 Å². The van der Waals surface area contributed by atoms with Crippen LogP contribution in [0.2, 0.25) is 0 Å². The molecule has 0 fully saturated rings. The summed E-state index contributed by atoms with van der Waals surface area (Å²) in [5, 5.41) is 12.3. The first-order chi connectivity index (χ1) is 8.04. The third-order valence-corrected chi connectivity index (χ3v) is 2.59. The monoisotopic (exact) mass is 237 g/mol. The van der Waals surface area contributed by atoms with Gasteiger partial charge in [0.2, 0.25) is 0 Å². The third kappa shape index (κ3) is 4.07. The molecule has 1 atom stereocenters. The van der Waals surface area contributed by atoms with Gasteiger partial charge < -0.3 is 15.2 Å². The third-order valence-electron chi connectivity index (χ3n) is 2.59. The number of phenolic OH excluding ortho intramolecular Hbond substituents is 1. The van der Waals surface area contributed by atoms with E-state index in [4.69, 9.17) is 4.74 Å². The Bertz CT molecular complexity index is 390. The number of methoxy groups -OCH3 is 1. The molecule has 94 valence electrons. The summed E-state index contributed by atoms with van der Waals surface area (Å²) >= 11 is 0. The van der Waals surface area contributed by atoms with Crippen LogP contribution in [-0.2, 0) is 4.74 Å². The van der Waals surface area contributed by atoms with Gasteiger partial charge in [-0.25, -0.2) is 0 Å². The van der Waals surface area contributed by atoms with E-state index in [1.54, 1.807) is 26.2 Å². The number of aryl methyl sites for hydroxylation is 1. The maximum Gasteiger partial charge on any atom is 0.251 e. The Labute approximate surface area is 102 Å². The molecule has 4 nitrogen and oxygen atoms in total. The van der Waals surface area contributed by atoms with E-state index >= 15 is 0 Å². The second-order valence-corrected chi connectivity index (χ2v) is 4.16. The van der Waals surface area contributed by atoms with E-state index in [1.165, 1.54) is 6.07 Å². The molecule has 0 heterocycles. The summed E-state index contributed by atoms with van der Waals surface area (Å²) in [4.78, 5) is 11.8. The van der Waals surface area contributed by atoms with E-state index in [0.717, 1.165) is 6.42 Å². The fourth-order valence-corrected chi connectivity index (χ4v) is 1.47. The molecule has 0 saturated heterocycles. The molecule has 1 amide bonds. The van der Waals surface area contributed by atoms with Crippen LogP contribution in [0.1, 0.15) is 29.3 Å². The van der Waals surface area contributed by atoms with Gasteiger partial charge in [-0.2, -0.15) is 0 Å². The first kappa shape index (κ1) is 13.5. The van der Waals surface area contributed by atoms with Gasteiger partial charge in [-0.1, -0.05) is 0 Å². The molecule has 0 spiro atoms. The smallest absolute Gasteiger partial charge is 0.251 e. The van der Waals surface area contributed by atoms with E-state index in [2.05, 4.69) is 5.32 Å². The lowest BCUT2D eigenvalue weighted by Crippen LogP contribution is -2.33. The lowest BCUT2D eigenvalue weighted by Gasteiger charge is -2.13. The van der Waals surface area contributed by atoms with Crippen LogP contribution in [0.5, 0.6) is 5.75 Å². The lowest BCUT2D eigenvalue weighted by molar-refractivity contribution is 0.0929. The first-order valence-electron chi connectivity index (χ1n) is 5.64. The van der Waals surface area contributed by atoms with E-state index in [-0.39, 0.29) is 17.7 Å². The van der Waals surface area contributed by atoms with Crippen molar-refractivity contribution in [3.63, 3.8) is 0 Å². The minimum Gasteiger partial charge on any atom is -0.508 e. The molecule has 0 aromatic heterocycles. The standard InChI is InChI=1S/C13H19NO3/c1-9-8-11(4-5-12(9)15)13(16)14-10(2)6-7-17-3/h4-5,8,10,15H,6-7H2,1-3H3,(H,14,16). The quantitative estimate of drug-likeness (QED) is 0.821. The van der Waals surface area contributed by atoms with Gasteiger partial charge in [-0.05, 0) is 44.0 Å². The number of phenols is 1. The van der Waals surface area contributed by atoms with Gasteiger partial charge in [0.1, 0.15) is 5.75 Å². The van der Waals surface area contributed by atoms with Crippen LogP contribution in [0.3, 0.4) is 0 Å². The molecule has 2 N–H and O–H groups in total. The summed E-state index contributed by atoms with van der Waals surface area (Å²) in [5.41, 5.74) is 1.26. The van der Waals surface area contributed by atoms with Crippen LogP contribution in [0.15, 0.2) is 18.2 Å². The molecule has 0 radical (unpaired) electrons. The molecule has 0 aliphatic carbocycles. The number of rotatable bonds is 5. The van der Waals surface area contributed by atoms with Gasteiger partial charge in [0.25, 0.3) is 5.91 Å². The highest BCUT2D eigenvalue weighted by Crippen LogP contribution is 2.16. The van der Waals surface area contributed by atoms with E-state index in [1.807, 2.05) is 6.92 Å². The van der Waals surface area contributed by atoms with Crippen LogP contribution in [0.25, 0.3) is 0 Å². The Hall–Kier alpha value is -1.55. The van der Waals surface area contributed by atoms with Gasteiger partial charge in [0, 0.05) is 25.3 Å². The summed E-state index contributed by atoms with van der Waals surface area (Å²) in [6.45, 7) is 4.32. The fourth-order valence-electron chi connectivity index (χ4n) is 1.47. The van der Waals surface area contributed by atoms with E-state index in [9.17, 15) is 9.90 Å². The molecular formula is C13H19NO3. The van der Waals surface area contributed by atoms with Crippen molar-refractivity contribution in [2.45, 2.75) is 26.3 Å². The fraction of sp³-hybridized carbons (Fsp3) is 0.462. The van der Waals surface area contributed by atoms with Crippen LogP contribution >= 0.6 is 0 Å². The molecule has 1 aromatic carbocycles. The Balaban J connectivity index is 2.60. The normalized spacial score (nSPS) is 12.2. The number of carbonyl (C=O) groups is 1. The SMILES string of the molecule is COCCC(C)NC(=O)c1ccc(O)c(C)c1. The summed E-state index contributed by atoms with van der Waals surface area (Å²) in [6, 6.07) is 4.88. The molecule has 0 bridgehead atoms. The van der Waals surface area contributed by atoms with Crippen molar-refractivity contribution in [2.75, 3.05) is 13.7 Å². The Morgan fingerprint density at radius 2 is 2.24 bits per heavy atom. The molecule has 17 heavy (non-hydrogen) atoms. The number of amides is 1. The zero-order chi connectivity index (χ0) is 12.8. The van der Waals surface area contributed by atoms with Gasteiger partial charge in [-0.3, -0.25) is 4.79 Å². The van der Waals surface area contributed by atoms with E-state index < -0.39 is 0 Å². The molecule has 1 aromatic rings. The van der Waals surface area contributed by atoms with Crippen LogP contribution < -0.4 is 5.32 Å². The topological polar surface area (TPSA) is 58.6 Å². The first-order valence-corrected chi connectivity index (χ1v) is 5.64. The maximum absolute atomic E-state index is 11.8. The van der Waals surface area contributed by atoms with Gasteiger partial charge >= 0.3 is 0 Å². The van der Waals surface area contributed by atoms with Crippen molar-refractivity contribution in [2.24, 2.45) is 0 Å². The average molecular weight is 237 g/mol. The highest BCUT2D eigenvalue weighted by Gasteiger charge is 2.10. The second kappa shape index (κ2) is 6.25. The predicted octanol–water partition coefficient (Wildman–Crippen LogP) is 1.86. The highest BCUT2D eigenvalue weighted by molar-refractivity contribution is 5.94. The minimum atomic E-state index is -0.128. The number of carbonyl (C=O) groups excluding carboxylic acids is 1. The molecule has 0 aliphatic rings. The molecule has 0 saturated carbocycles. The number of benzene rings is 1. The largest absolute Gasteiger partial charge is 0.508 e. The number of ether oxygens (including phenoxy) is 1. The van der Waals surface area contributed by atoms with Crippen LogP contribution in [0, 0.1) is 6.92 Å². The second-order valence-electron chi connectivity index (χ2n) is 4.16. The van der Waals surface area contributed by atoms with Crippen molar-refractivity contribution in [1.29, 1.82) is 0 Å². The van der Waals surface area contributed by atoms with Crippen molar-refractivity contribution in [3.8, 4) is 5.75 Å². The van der Waals surface area contributed by atoms with Crippen LogP contribution in [0.4, 0.5) is 0 Å². The minimum absolute atomic E-state index is 0.0663. The molecular weight excluding hydrogens is 218 g/mol. The predicted molar refractivity (Wildman–Crippen MR) is 66.3 cm³/mol. The summed E-state index contributed by atoms with van der Waals surface area (Å²) in [7, 11) is 1.64. The van der Waals surface area contributed by atoms with Crippen molar-refractivity contribution >= 4 is 5.91 Å². The van der Waals surface area contributed by atoms with Gasteiger partial charge in [0.15, 0.2) is 0 Å². The van der Waals surface area contributed by atoms with E-state index in [0.29, 0.717) is 17.7 Å².